The van der Waals surface area contributed by atoms with Gasteiger partial charge in [-0.2, -0.15) is 0 Å². The topological polar surface area (TPSA) is 53.1 Å². The van der Waals surface area contributed by atoms with Crippen LogP contribution in [-0.4, -0.2) is 67.0 Å². The summed E-state index contributed by atoms with van der Waals surface area (Å²) in [5, 5.41) is 1.95. The molecule has 0 aliphatic carbocycles. The number of piperazine rings is 1. The molecule has 0 saturated carbocycles. The minimum atomic E-state index is -0.182. The first kappa shape index (κ1) is 22.6. The SMILES string of the molecule is Cc1cccc(N2CCN(C3=C(c4cccs4)C(=O)N(CCCOC(C)C)C3=O)CC2)c1. The summed E-state index contributed by atoms with van der Waals surface area (Å²) >= 11 is 1.51. The standard InChI is InChI=1S/C25H31N3O3S/c1-18(2)31-15-6-10-28-24(29)22(21-9-5-16-32-21)23(25(28)30)27-13-11-26(12-14-27)20-8-4-7-19(3)17-20/h4-5,7-9,16-18H,6,10-15H2,1-3H3. The van der Waals surface area contributed by atoms with Gasteiger partial charge in [0.2, 0.25) is 0 Å². The fraction of sp³-hybridized carbons (Fsp3) is 0.440. The molecule has 4 rings (SSSR count). The number of aryl methyl sites for hydroxylation is 1. The quantitative estimate of drug-likeness (QED) is 0.450. The number of rotatable bonds is 8. The number of hydrogen-bond donors (Lipinski definition) is 0. The van der Waals surface area contributed by atoms with E-state index < -0.39 is 0 Å². The molecule has 3 heterocycles. The van der Waals surface area contributed by atoms with Gasteiger partial charge in [0.25, 0.3) is 11.8 Å². The Balaban J connectivity index is 1.51. The molecule has 2 amide bonds. The Morgan fingerprint density at radius 1 is 1.00 bits per heavy atom. The van der Waals surface area contributed by atoms with Gasteiger partial charge in [0.05, 0.1) is 11.7 Å². The molecule has 1 saturated heterocycles. The van der Waals surface area contributed by atoms with Crippen LogP contribution in [0.4, 0.5) is 5.69 Å². The van der Waals surface area contributed by atoms with Crippen LogP contribution in [0.25, 0.3) is 5.57 Å². The van der Waals surface area contributed by atoms with Gasteiger partial charge in [0.15, 0.2) is 0 Å². The number of ether oxygens (including phenoxy) is 1. The van der Waals surface area contributed by atoms with Crippen LogP contribution in [-0.2, 0) is 14.3 Å². The van der Waals surface area contributed by atoms with Gasteiger partial charge in [-0.25, -0.2) is 0 Å². The van der Waals surface area contributed by atoms with Crippen molar-refractivity contribution in [2.45, 2.75) is 33.3 Å². The molecule has 0 N–H and O–H groups in total. The second-order valence-corrected chi connectivity index (χ2v) is 9.50. The Morgan fingerprint density at radius 2 is 1.75 bits per heavy atom. The number of carbonyl (C=O) groups excluding carboxylic acids is 2. The summed E-state index contributed by atoms with van der Waals surface area (Å²) in [6.45, 7) is 10.0. The fourth-order valence-electron chi connectivity index (χ4n) is 4.26. The minimum absolute atomic E-state index is 0.139. The number of hydrogen-bond acceptors (Lipinski definition) is 6. The molecular weight excluding hydrogens is 422 g/mol. The van der Waals surface area contributed by atoms with Gasteiger partial charge >= 0.3 is 0 Å². The molecule has 0 bridgehead atoms. The summed E-state index contributed by atoms with van der Waals surface area (Å²) in [6.07, 6.45) is 0.780. The van der Waals surface area contributed by atoms with Gasteiger partial charge < -0.3 is 14.5 Å². The summed E-state index contributed by atoms with van der Waals surface area (Å²) < 4.78 is 5.60. The average Bonchev–Trinajstić information content (AvgIpc) is 3.38. The zero-order valence-corrected chi connectivity index (χ0v) is 19.9. The zero-order chi connectivity index (χ0) is 22.7. The fourth-order valence-corrected chi connectivity index (χ4v) is 5.02. The molecule has 170 valence electrons. The van der Waals surface area contributed by atoms with Crippen molar-refractivity contribution in [2.75, 3.05) is 44.2 Å². The van der Waals surface area contributed by atoms with Crippen molar-refractivity contribution in [2.24, 2.45) is 0 Å². The van der Waals surface area contributed by atoms with E-state index in [0.717, 1.165) is 18.0 Å². The highest BCUT2D eigenvalue weighted by Gasteiger charge is 2.42. The molecule has 32 heavy (non-hydrogen) atoms. The predicted molar refractivity (Wildman–Crippen MR) is 129 cm³/mol. The number of amides is 2. The molecule has 1 aromatic carbocycles. The molecule has 6 nitrogen and oxygen atoms in total. The molecule has 0 unspecified atom stereocenters. The van der Waals surface area contributed by atoms with Crippen LogP contribution in [0, 0.1) is 6.92 Å². The van der Waals surface area contributed by atoms with Crippen LogP contribution in [0.2, 0.25) is 0 Å². The van der Waals surface area contributed by atoms with E-state index in [2.05, 4.69) is 41.0 Å². The third-order valence-corrected chi connectivity index (χ3v) is 6.74. The Labute approximate surface area is 194 Å². The van der Waals surface area contributed by atoms with Gasteiger partial charge in [-0.1, -0.05) is 18.2 Å². The lowest BCUT2D eigenvalue weighted by molar-refractivity contribution is -0.137. The van der Waals surface area contributed by atoms with E-state index in [1.54, 1.807) is 0 Å². The summed E-state index contributed by atoms with van der Waals surface area (Å²) in [5.41, 5.74) is 3.56. The molecule has 0 atom stereocenters. The van der Waals surface area contributed by atoms with E-state index >= 15 is 0 Å². The van der Waals surface area contributed by atoms with Crippen LogP contribution < -0.4 is 4.90 Å². The Kier molecular flexibility index (Phi) is 6.96. The van der Waals surface area contributed by atoms with Gasteiger partial charge in [-0.3, -0.25) is 14.5 Å². The summed E-state index contributed by atoms with van der Waals surface area (Å²) in [5.74, 6) is -0.356. The number of nitrogens with zero attached hydrogens (tertiary/aromatic N) is 3. The average molecular weight is 454 g/mol. The maximum atomic E-state index is 13.4. The number of carbonyl (C=O) groups is 2. The van der Waals surface area contributed by atoms with E-state index in [-0.39, 0.29) is 17.9 Å². The Morgan fingerprint density at radius 3 is 2.41 bits per heavy atom. The lowest BCUT2D eigenvalue weighted by Gasteiger charge is -2.37. The highest BCUT2D eigenvalue weighted by Crippen LogP contribution is 2.34. The number of thiophene rings is 1. The summed E-state index contributed by atoms with van der Waals surface area (Å²) in [7, 11) is 0. The first-order valence-corrected chi connectivity index (χ1v) is 12.2. The molecule has 7 heteroatoms. The molecule has 1 fully saturated rings. The lowest BCUT2D eigenvalue weighted by Crippen LogP contribution is -2.47. The van der Waals surface area contributed by atoms with Crippen molar-refractivity contribution in [3.63, 3.8) is 0 Å². The van der Waals surface area contributed by atoms with Gasteiger partial charge in [-0.05, 0) is 56.3 Å². The molecule has 1 aromatic heterocycles. The van der Waals surface area contributed by atoms with Crippen LogP contribution in [0.3, 0.4) is 0 Å². The van der Waals surface area contributed by atoms with Gasteiger partial charge in [0.1, 0.15) is 5.70 Å². The molecule has 2 aromatic rings. The van der Waals surface area contributed by atoms with E-state index in [1.807, 2.05) is 31.4 Å². The number of imide groups is 1. The molecule has 0 radical (unpaired) electrons. The zero-order valence-electron chi connectivity index (χ0n) is 19.0. The molecular formula is C25H31N3O3S. The Hall–Kier alpha value is -2.64. The van der Waals surface area contributed by atoms with E-state index in [0.29, 0.717) is 43.9 Å². The van der Waals surface area contributed by atoms with Crippen LogP contribution in [0.1, 0.15) is 30.7 Å². The van der Waals surface area contributed by atoms with Crippen molar-refractivity contribution in [3.8, 4) is 0 Å². The summed E-state index contributed by atoms with van der Waals surface area (Å²) in [4.78, 5) is 33.4. The second-order valence-electron chi connectivity index (χ2n) is 8.55. The van der Waals surface area contributed by atoms with E-state index in [9.17, 15) is 9.59 Å². The normalized spacial score (nSPS) is 17.3. The smallest absolute Gasteiger partial charge is 0.277 e. The van der Waals surface area contributed by atoms with Crippen LogP contribution >= 0.6 is 11.3 Å². The first-order valence-electron chi connectivity index (χ1n) is 11.3. The predicted octanol–water partition coefficient (Wildman–Crippen LogP) is 3.77. The van der Waals surface area contributed by atoms with Crippen molar-refractivity contribution in [1.82, 2.24) is 9.80 Å². The van der Waals surface area contributed by atoms with Crippen molar-refractivity contribution >= 4 is 34.4 Å². The first-order chi connectivity index (χ1) is 15.5. The largest absolute Gasteiger partial charge is 0.379 e. The molecule has 0 spiro atoms. The monoisotopic (exact) mass is 453 g/mol. The summed E-state index contributed by atoms with van der Waals surface area (Å²) in [6, 6.07) is 12.4. The highest BCUT2D eigenvalue weighted by molar-refractivity contribution is 7.11. The highest BCUT2D eigenvalue weighted by atomic mass is 32.1. The van der Waals surface area contributed by atoms with Crippen molar-refractivity contribution < 1.29 is 14.3 Å². The van der Waals surface area contributed by atoms with E-state index in [4.69, 9.17) is 4.74 Å². The van der Waals surface area contributed by atoms with Crippen LogP contribution in [0.5, 0.6) is 0 Å². The molecule has 2 aliphatic rings. The maximum absolute atomic E-state index is 13.4. The molecule has 2 aliphatic heterocycles. The van der Waals surface area contributed by atoms with Gasteiger partial charge in [0, 0.05) is 49.9 Å². The van der Waals surface area contributed by atoms with Crippen LogP contribution in [0.15, 0.2) is 47.5 Å². The second kappa shape index (κ2) is 9.88. The third-order valence-electron chi connectivity index (χ3n) is 5.85. The van der Waals surface area contributed by atoms with Crippen molar-refractivity contribution in [1.29, 1.82) is 0 Å². The lowest BCUT2D eigenvalue weighted by atomic mass is 10.1. The maximum Gasteiger partial charge on any atom is 0.277 e. The van der Waals surface area contributed by atoms with E-state index in [1.165, 1.54) is 27.5 Å². The third kappa shape index (κ3) is 4.74. The Bertz CT molecular complexity index is 992. The number of benzene rings is 1. The van der Waals surface area contributed by atoms with Gasteiger partial charge in [-0.15, -0.1) is 11.3 Å². The minimum Gasteiger partial charge on any atom is -0.379 e. The number of anilines is 1. The van der Waals surface area contributed by atoms with Crippen molar-refractivity contribution in [3.05, 3.63) is 57.9 Å².